The first-order valence-electron chi connectivity index (χ1n) is 10.7. The van der Waals surface area contributed by atoms with Gasteiger partial charge in [-0.2, -0.15) is 0 Å². The fourth-order valence-electron chi connectivity index (χ4n) is 5.22. The quantitative estimate of drug-likeness (QED) is 0.848. The van der Waals surface area contributed by atoms with Crippen molar-refractivity contribution >= 4 is 17.7 Å². The number of benzene rings is 1. The first-order valence-corrected chi connectivity index (χ1v) is 10.7. The van der Waals surface area contributed by atoms with Crippen molar-refractivity contribution in [3.8, 4) is 0 Å². The number of hydrogen-bond donors (Lipinski definition) is 1. The number of likely N-dealkylation sites (tertiary alicyclic amines) is 2. The van der Waals surface area contributed by atoms with Crippen LogP contribution >= 0.6 is 0 Å². The van der Waals surface area contributed by atoms with E-state index in [1.54, 1.807) is 0 Å². The molecule has 0 atom stereocenters. The zero-order valence-electron chi connectivity index (χ0n) is 16.8. The highest BCUT2D eigenvalue weighted by Gasteiger charge is 2.41. The van der Waals surface area contributed by atoms with Gasteiger partial charge in [0.25, 0.3) is 0 Å². The van der Waals surface area contributed by atoms with Crippen LogP contribution in [0.2, 0.25) is 0 Å². The van der Waals surface area contributed by atoms with Crippen LogP contribution < -0.4 is 5.32 Å². The van der Waals surface area contributed by atoms with Crippen molar-refractivity contribution in [1.29, 1.82) is 0 Å². The van der Waals surface area contributed by atoms with Gasteiger partial charge in [0, 0.05) is 36.7 Å². The van der Waals surface area contributed by atoms with Crippen LogP contribution in [0, 0.1) is 0 Å². The highest BCUT2D eigenvalue weighted by atomic mass is 16.6. The van der Waals surface area contributed by atoms with Crippen molar-refractivity contribution in [3.63, 3.8) is 0 Å². The molecule has 3 aliphatic heterocycles. The van der Waals surface area contributed by atoms with Gasteiger partial charge in [-0.1, -0.05) is 18.2 Å². The van der Waals surface area contributed by atoms with Gasteiger partial charge < -0.3 is 19.9 Å². The van der Waals surface area contributed by atoms with Crippen LogP contribution in [0.3, 0.4) is 0 Å². The van der Waals surface area contributed by atoms with Crippen LogP contribution in [0.4, 0.5) is 10.5 Å². The third kappa shape index (κ3) is 3.75. The minimum atomic E-state index is -0.175. The van der Waals surface area contributed by atoms with Crippen LogP contribution in [-0.2, 0) is 14.9 Å². The van der Waals surface area contributed by atoms with E-state index in [9.17, 15) is 9.59 Å². The third-order valence-electron chi connectivity index (χ3n) is 6.87. The molecule has 2 fully saturated rings. The number of amides is 2. The Morgan fingerprint density at radius 3 is 2.57 bits per heavy atom. The summed E-state index contributed by atoms with van der Waals surface area (Å²) in [6, 6.07) is 8.88. The molecular formula is C22H31N3O3. The van der Waals surface area contributed by atoms with Crippen LogP contribution in [0.5, 0.6) is 0 Å². The molecule has 4 rings (SSSR count). The normalized spacial score (nSPS) is 23.0. The summed E-state index contributed by atoms with van der Waals surface area (Å²) >= 11 is 0. The van der Waals surface area contributed by atoms with Gasteiger partial charge in [0.05, 0.1) is 6.61 Å². The molecule has 0 aromatic heterocycles. The van der Waals surface area contributed by atoms with Gasteiger partial charge in [0.1, 0.15) is 0 Å². The van der Waals surface area contributed by atoms with Gasteiger partial charge in [-0.3, -0.25) is 4.79 Å². The largest absolute Gasteiger partial charge is 0.450 e. The number of para-hydroxylation sites is 1. The second-order valence-electron chi connectivity index (χ2n) is 8.33. The number of rotatable bonds is 2. The number of piperidine rings is 2. The maximum absolute atomic E-state index is 12.2. The summed E-state index contributed by atoms with van der Waals surface area (Å²) in [5.41, 5.74) is 2.43. The van der Waals surface area contributed by atoms with E-state index in [0.717, 1.165) is 64.0 Å². The van der Waals surface area contributed by atoms with Crippen LogP contribution in [-0.4, -0.2) is 60.6 Å². The van der Waals surface area contributed by atoms with Gasteiger partial charge in [-0.15, -0.1) is 0 Å². The average Bonchev–Trinajstić information content (AvgIpc) is 2.86. The number of nitrogens with one attached hydrogen (secondary N) is 1. The van der Waals surface area contributed by atoms with Gasteiger partial charge in [-0.05, 0) is 63.7 Å². The lowest BCUT2D eigenvalue weighted by molar-refractivity contribution is -0.116. The first kappa shape index (κ1) is 19.2. The smallest absolute Gasteiger partial charge is 0.409 e. The van der Waals surface area contributed by atoms with Crippen molar-refractivity contribution in [1.82, 2.24) is 9.80 Å². The monoisotopic (exact) mass is 385 g/mol. The van der Waals surface area contributed by atoms with E-state index in [1.165, 1.54) is 5.56 Å². The summed E-state index contributed by atoms with van der Waals surface area (Å²) in [6.07, 6.45) is 5.59. The van der Waals surface area contributed by atoms with Gasteiger partial charge in [0.15, 0.2) is 0 Å². The van der Waals surface area contributed by atoms with Crippen molar-refractivity contribution in [3.05, 3.63) is 29.8 Å². The standard InChI is InChI=1S/C22H31N3O3/c1-2-28-21(27)25-13-8-17(9-14-25)24-15-11-22(12-16-24)10-7-20(26)23-19-6-4-3-5-18(19)22/h3-6,17H,2,7-16H2,1H3,(H,23,26). The van der Waals surface area contributed by atoms with E-state index in [4.69, 9.17) is 4.74 Å². The molecule has 1 aromatic carbocycles. The summed E-state index contributed by atoms with van der Waals surface area (Å²) in [5, 5.41) is 3.09. The lowest BCUT2D eigenvalue weighted by atomic mass is 9.69. The fourth-order valence-corrected chi connectivity index (χ4v) is 5.22. The Kier molecular flexibility index (Phi) is 5.58. The first-order chi connectivity index (χ1) is 13.6. The number of ether oxygens (including phenoxy) is 1. The van der Waals surface area contributed by atoms with Crippen molar-refractivity contribution < 1.29 is 14.3 Å². The van der Waals surface area contributed by atoms with Gasteiger partial charge in [-0.25, -0.2) is 4.79 Å². The number of fused-ring (bicyclic) bond motifs is 2. The molecule has 0 saturated carbocycles. The van der Waals surface area contributed by atoms with E-state index in [1.807, 2.05) is 24.0 Å². The Bertz CT molecular complexity index is 719. The molecule has 3 aliphatic rings. The van der Waals surface area contributed by atoms with E-state index in [-0.39, 0.29) is 17.4 Å². The minimum absolute atomic E-state index is 0.109. The number of carbonyl (C=O) groups is 2. The Morgan fingerprint density at radius 1 is 1.14 bits per heavy atom. The van der Waals surface area contributed by atoms with Crippen molar-refractivity contribution in [2.24, 2.45) is 0 Å². The molecule has 1 spiro atoms. The predicted octanol–water partition coefficient (Wildman–Crippen LogP) is 3.37. The zero-order chi connectivity index (χ0) is 19.6. The Balaban J connectivity index is 1.39. The Morgan fingerprint density at radius 2 is 1.86 bits per heavy atom. The molecule has 0 bridgehead atoms. The molecule has 6 heteroatoms. The van der Waals surface area contributed by atoms with Crippen LogP contribution in [0.1, 0.15) is 51.0 Å². The van der Waals surface area contributed by atoms with Crippen molar-refractivity contribution in [2.45, 2.75) is 56.9 Å². The van der Waals surface area contributed by atoms with E-state index in [0.29, 0.717) is 19.1 Å². The zero-order valence-corrected chi connectivity index (χ0v) is 16.8. The molecule has 152 valence electrons. The number of nitrogens with zero attached hydrogens (tertiary/aromatic N) is 2. The molecule has 1 aromatic rings. The van der Waals surface area contributed by atoms with Crippen LogP contribution in [0.25, 0.3) is 0 Å². The second kappa shape index (κ2) is 8.11. The molecule has 0 radical (unpaired) electrons. The highest BCUT2D eigenvalue weighted by Crippen LogP contribution is 2.45. The molecule has 28 heavy (non-hydrogen) atoms. The highest BCUT2D eigenvalue weighted by molar-refractivity contribution is 5.92. The SMILES string of the molecule is CCOC(=O)N1CCC(N2CCC3(CCC(=O)Nc4ccccc43)CC2)CC1. The number of carbonyl (C=O) groups excluding carboxylic acids is 2. The Labute approximate surface area is 167 Å². The summed E-state index contributed by atoms with van der Waals surface area (Å²) in [5.74, 6) is 0.137. The Hall–Kier alpha value is -2.08. The van der Waals surface area contributed by atoms with E-state index >= 15 is 0 Å². The van der Waals surface area contributed by atoms with Crippen LogP contribution in [0.15, 0.2) is 24.3 Å². The van der Waals surface area contributed by atoms with E-state index < -0.39 is 0 Å². The third-order valence-corrected chi connectivity index (χ3v) is 6.87. The maximum Gasteiger partial charge on any atom is 0.409 e. The topological polar surface area (TPSA) is 61.9 Å². The van der Waals surface area contributed by atoms with Gasteiger partial charge >= 0.3 is 6.09 Å². The molecule has 6 nitrogen and oxygen atoms in total. The summed E-state index contributed by atoms with van der Waals surface area (Å²) in [6.45, 7) is 5.98. The summed E-state index contributed by atoms with van der Waals surface area (Å²) in [4.78, 5) is 28.5. The molecular weight excluding hydrogens is 354 g/mol. The number of anilines is 1. The molecule has 0 aliphatic carbocycles. The second-order valence-corrected chi connectivity index (χ2v) is 8.33. The number of hydrogen-bond acceptors (Lipinski definition) is 4. The predicted molar refractivity (Wildman–Crippen MR) is 108 cm³/mol. The lowest BCUT2D eigenvalue weighted by Gasteiger charge is -2.46. The summed E-state index contributed by atoms with van der Waals surface area (Å²) < 4.78 is 5.13. The van der Waals surface area contributed by atoms with E-state index in [2.05, 4.69) is 22.3 Å². The minimum Gasteiger partial charge on any atom is -0.450 e. The molecule has 1 N–H and O–H groups in total. The fraction of sp³-hybridized carbons (Fsp3) is 0.636. The maximum atomic E-state index is 12.2. The van der Waals surface area contributed by atoms with Crippen molar-refractivity contribution in [2.75, 3.05) is 38.1 Å². The molecule has 0 unspecified atom stereocenters. The average molecular weight is 386 g/mol. The van der Waals surface area contributed by atoms with Gasteiger partial charge in [0.2, 0.25) is 5.91 Å². The molecule has 2 saturated heterocycles. The molecule has 2 amide bonds. The lowest BCUT2D eigenvalue weighted by Crippen LogP contribution is -2.51. The summed E-state index contributed by atoms with van der Waals surface area (Å²) in [7, 11) is 0. The molecule has 3 heterocycles.